The van der Waals surface area contributed by atoms with Gasteiger partial charge < -0.3 is 0 Å². The molecular formula is H5Na2O4S+. The Kier molecular flexibility index (Phi) is 13.7. The summed E-state index contributed by atoms with van der Waals surface area (Å²) >= 11 is 0. The van der Waals surface area contributed by atoms with E-state index in [2.05, 4.69) is 0 Å². The van der Waals surface area contributed by atoms with E-state index in [0.717, 1.165) is 0 Å². The van der Waals surface area contributed by atoms with Crippen LogP contribution in [0.25, 0.3) is 0 Å². The third-order valence-corrected chi connectivity index (χ3v) is 0. The molecular weight excluding hydrogens is 142 g/mol. The maximum atomic E-state index is 8.74. The molecule has 0 rings (SSSR count). The molecule has 0 aliphatic rings. The van der Waals surface area contributed by atoms with E-state index in [0.29, 0.717) is 0 Å². The van der Waals surface area contributed by atoms with Crippen molar-refractivity contribution >= 4 is 69.5 Å². The topological polar surface area (TPSA) is 74.6 Å². The van der Waals surface area contributed by atoms with E-state index in [-0.39, 0.29) is 60.5 Å². The summed E-state index contributed by atoms with van der Waals surface area (Å²) < 4.78 is 31.6. The van der Waals surface area contributed by atoms with Gasteiger partial charge in [0.1, 0.15) is 0 Å². The monoisotopic (exact) mass is 147 g/mol. The van der Waals surface area contributed by atoms with Gasteiger partial charge in [0, 0.05) is 0 Å². The fourth-order valence-electron chi connectivity index (χ4n) is 0. The summed E-state index contributed by atoms with van der Waals surface area (Å²) in [4.78, 5) is 0. The molecule has 0 saturated carbocycles. The Morgan fingerprint density at radius 2 is 1.14 bits per heavy atom. The predicted octanol–water partition coefficient (Wildman–Crippen LogP) is -1.84. The second-order valence-electron chi connectivity index (χ2n) is 0.448. The van der Waals surface area contributed by atoms with E-state index in [1.807, 2.05) is 0 Å². The molecule has 0 amide bonds. The molecule has 0 aromatic carbocycles. The third-order valence-electron chi connectivity index (χ3n) is 0. The van der Waals surface area contributed by atoms with Crippen LogP contribution in [0.3, 0.4) is 0 Å². The average molecular weight is 147 g/mol. The minimum atomic E-state index is -4.67. The Hall–Kier alpha value is 1.87. The minimum absolute atomic E-state index is 0. The molecule has 0 aliphatic carbocycles. The summed E-state index contributed by atoms with van der Waals surface area (Å²) in [5.41, 5.74) is 0. The van der Waals surface area contributed by atoms with E-state index in [4.69, 9.17) is 17.5 Å². The van der Waals surface area contributed by atoms with Gasteiger partial charge in [-0.05, 0) is 0 Å². The van der Waals surface area contributed by atoms with Crippen molar-refractivity contribution in [1.82, 2.24) is 0 Å². The average Bonchev–Trinajstić information content (AvgIpc) is 0.722. The molecule has 0 aliphatic heterocycles. The first-order valence-corrected chi connectivity index (χ1v) is 2.10. The van der Waals surface area contributed by atoms with Crippen LogP contribution in [-0.2, 0) is 10.4 Å². The van der Waals surface area contributed by atoms with Gasteiger partial charge in [0.2, 0.25) is 0 Å². The van der Waals surface area contributed by atoms with Gasteiger partial charge in [-0.25, -0.2) is 0 Å². The van der Waals surface area contributed by atoms with Gasteiger partial charge in [0.25, 0.3) is 0 Å². The zero-order valence-corrected chi connectivity index (χ0v) is 2.94. The Balaban J connectivity index is -0.0000000267. The van der Waals surface area contributed by atoms with Crippen molar-refractivity contribution in [2.24, 2.45) is 0 Å². The zero-order valence-electron chi connectivity index (χ0n) is 3.12. The van der Waals surface area contributed by atoms with Crippen LogP contribution in [-0.4, -0.2) is 76.6 Å². The molecule has 2 N–H and O–H groups in total. The molecule has 0 aromatic rings. The summed E-state index contributed by atoms with van der Waals surface area (Å²) in [7, 11) is -4.67. The summed E-state index contributed by atoms with van der Waals surface area (Å²) in [5, 5.41) is 0. The quantitative estimate of drug-likeness (QED) is 0.312. The molecule has 0 bridgehead atoms. The normalized spacial score (nSPS) is 8.29. The van der Waals surface area contributed by atoms with Gasteiger partial charge in [-0.15, -0.1) is 0 Å². The summed E-state index contributed by atoms with van der Waals surface area (Å²) in [6.07, 6.45) is 0. The molecule has 0 spiro atoms. The van der Waals surface area contributed by atoms with Gasteiger partial charge in [-0.1, -0.05) is 0 Å². The Labute approximate surface area is 87.3 Å². The molecule has 36 valence electrons. The summed E-state index contributed by atoms with van der Waals surface area (Å²) in [6.45, 7) is 0. The van der Waals surface area contributed by atoms with E-state index in [9.17, 15) is 0 Å². The van der Waals surface area contributed by atoms with Crippen LogP contribution in [0.4, 0.5) is 0 Å². The second kappa shape index (κ2) is 6.00. The molecule has 0 unspecified atom stereocenters. The summed E-state index contributed by atoms with van der Waals surface area (Å²) in [6, 6.07) is 0. The molecule has 0 atom stereocenters. The van der Waals surface area contributed by atoms with Crippen molar-refractivity contribution in [3.63, 3.8) is 0 Å². The van der Waals surface area contributed by atoms with Gasteiger partial charge >= 0.3 is 70.9 Å². The summed E-state index contributed by atoms with van der Waals surface area (Å²) in [5.74, 6) is 0. The van der Waals surface area contributed by atoms with Crippen LogP contribution in [0.5, 0.6) is 0 Å². The standard InChI is InChI=1S/2Na.H2O4S.2H/c;;1-5(2,3)4;;/h;;(H2,1,2,3,4);;/p+1. The zero-order chi connectivity index (χ0) is 4.50. The van der Waals surface area contributed by atoms with Crippen LogP contribution in [0.15, 0.2) is 0 Å². The van der Waals surface area contributed by atoms with E-state index < -0.39 is 10.4 Å². The van der Waals surface area contributed by atoms with E-state index in [1.165, 1.54) is 0 Å². The van der Waals surface area contributed by atoms with Gasteiger partial charge in [-0.2, -0.15) is 8.42 Å². The number of hydrogen-bond donors (Lipinski definition) is 2. The van der Waals surface area contributed by atoms with Crippen molar-refractivity contribution in [2.45, 2.75) is 0 Å². The Bertz CT molecular complexity index is 97.2. The van der Waals surface area contributed by atoms with Crippen LogP contribution in [0, 0.1) is 0 Å². The third kappa shape index (κ3) is 77.5. The fraction of sp³-hybridized carbons (Fsp3) is 0. The fourth-order valence-corrected chi connectivity index (χ4v) is 0. The van der Waals surface area contributed by atoms with Crippen molar-refractivity contribution in [1.29, 1.82) is 0 Å². The molecule has 0 aromatic heterocycles. The predicted molar refractivity (Wildman–Crippen MR) is 29.6 cm³/mol. The maximum absolute atomic E-state index is 8.74. The molecule has 7 heteroatoms. The van der Waals surface area contributed by atoms with Crippen molar-refractivity contribution in [3.05, 3.63) is 0 Å². The molecule has 4 nitrogen and oxygen atoms in total. The van der Waals surface area contributed by atoms with Crippen molar-refractivity contribution < 1.29 is 18.9 Å². The number of rotatable bonds is 0. The van der Waals surface area contributed by atoms with E-state index in [1.54, 1.807) is 0 Å². The Morgan fingerprint density at radius 3 is 1.14 bits per heavy atom. The van der Waals surface area contributed by atoms with Crippen LogP contribution in [0.1, 0.15) is 1.43 Å². The van der Waals surface area contributed by atoms with Gasteiger partial charge in [-0.3, -0.25) is 9.11 Å². The van der Waals surface area contributed by atoms with Crippen molar-refractivity contribution in [2.75, 3.05) is 0 Å². The number of hydrogen-bond acceptors (Lipinski definition) is 2. The van der Waals surface area contributed by atoms with Gasteiger partial charge in [0.05, 0.1) is 0 Å². The van der Waals surface area contributed by atoms with Gasteiger partial charge in [0.15, 0.2) is 0 Å². The van der Waals surface area contributed by atoms with Crippen LogP contribution in [0.2, 0.25) is 0 Å². The van der Waals surface area contributed by atoms with E-state index >= 15 is 0 Å². The van der Waals surface area contributed by atoms with Crippen LogP contribution < -0.4 is 0 Å². The van der Waals surface area contributed by atoms with Crippen LogP contribution >= 0.6 is 0 Å². The second-order valence-corrected chi connectivity index (χ2v) is 1.34. The Morgan fingerprint density at radius 1 is 1.14 bits per heavy atom. The molecule has 7 heavy (non-hydrogen) atoms. The molecule has 0 saturated heterocycles. The molecule has 0 heterocycles. The molecule has 0 fully saturated rings. The molecule has 0 radical (unpaired) electrons. The first-order valence-electron chi connectivity index (χ1n) is 0.698. The first kappa shape index (κ1) is 15.9. The van der Waals surface area contributed by atoms with Crippen molar-refractivity contribution in [3.8, 4) is 0 Å². The first-order chi connectivity index (χ1) is 2.00. The SMILES string of the molecule is O=S(=O)(O)O.[H+].[NaH].[NaH].